The Morgan fingerprint density at radius 2 is 1.61 bits per heavy atom. The summed E-state index contributed by atoms with van der Waals surface area (Å²) in [6.07, 6.45) is 2.90. The van der Waals surface area contributed by atoms with Crippen LogP contribution >= 0.6 is 0 Å². The van der Waals surface area contributed by atoms with Gasteiger partial charge in [0.05, 0.1) is 5.69 Å². The first-order valence-electron chi connectivity index (χ1n) is 9.66. The molecule has 1 heterocycles. The molecule has 3 nitrogen and oxygen atoms in total. The maximum Gasteiger partial charge on any atom is 0.258 e. The van der Waals surface area contributed by atoms with Gasteiger partial charge in [0, 0.05) is 17.7 Å². The molecule has 3 heteroatoms. The number of para-hydroxylation sites is 1. The summed E-state index contributed by atoms with van der Waals surface area (Å²) >= 11 is 0. The second-order valence-corrected chi connectivity index (χ2v) is 6.88. The highest BCUT2D eigenvalue weighted by atomic mass is 16.5. The average Bonchev–Trinajstić information content (AvgIpc) is 3.00. The molecule has 4 rings (SSSR count). The molecule has 28 heavy (non-hydrogen) atoms. The zero-order chi connectivity index (χ0) is 19.3. The Hall–Kier alpha value is -3.33. The largest absolute Gasteiger partial charge is 0.489 e. The van der Waals surface area contributed by atoms with Crippen LogP contribution in [0.5, 0.6) is 5.75 Å². The molecule has 0 aliphatic carbocycles. The Morgan fingerprint density at radius 3 is 2.36 bits per heavy atom. The molecule has 0 fully saturated rings. The van der Waals surface area contributed by atoms with E-state index in [0.29, 0.717) is 6.61 Å². The van der Waals surface area contributed by atoms with Gasteiger partial charge < -0.3 is 9.64 Å². The van der Waals surface area contributed by atoms with Crippen LogP contribution in [-0.2, 0) is 11.4 Å². The number of amides is 1. The van der Waals surface area contributed by atoms with Gasteiger partial charge in [0.25, 0.3) is 5.91 Å². The van der Waals surface area contributed by atoms with Gasteiger partial charge in [-0.15, -0.1) is 0 Å². The Bertz CT molecular complexity index is 991. The van der Waals surface area contributed by atoms with Crippen LogP contribution in [0.4, 0.5) is 5.69 Å². The molecule has 0 N–H and O–H groups in total. The third-order valence-electron chi connectivity index (χ3n) is 4.85. The Morgan fingerprint density at radius 1 is 0.893 bits per heavy atom. The minimum Gasteiger partial charge on any atom is -0.489 e. The number of nitrogens with zero attached hydrogens (tertiary/aromatic N) is 1. The number of hydrogen-bond acceptors (Lipinski definition) is 2. The van der Waals surface area contributed by atoms with Crippen molar-refractivity contribution in [2.75, 3.05) is 11.4 Å². The number of rotatable bonds is 6. The number of carbonyl (C=O) groups is 1. The van der Waals surface area contributed by atoms with Crippen molar-refractivity contribution in [1.29, 1.82) is 0 Å². The summed E-state index contributed by atoms with van der Waals surface area (Å²) in [6.45, 7) is 3.37. The van der Waals surface area contributed by atoms with E-state index in [-0.39, 0.29) is 5.91 Å². The zero-order valence-corrected chi connectivity index (χ0v) is 16.0. The van der Waals surface area contributed by atoms with E-state index in [1.807, 2.05) is 89.8 Å². The molecule has 0 saturated carbocycles. The van der Waals surface area contributed by atoms with Crippen LogP contribution in [0.1, 0.15) is 30.0 Å². The lowest BCUT2D eigenvalue weighted by atomic mass is 10.0. The first kappa shape index (κ1) is 18.1. The van der Waals surface area contributed by atoms with Gasteiger partial charge in [0.15, 0.2) is 0 Å². The van der Waals surface area contributed by atoms with E-state index in [0.717, 1.165) is 46.7 Å². The second kappa shape index (κ2) is 8.13. The summed E-state index contributed by atoms with van der Waals surface area (Å²) < 4.78 is 5.85. The van der Waals surface area contributed by atoms with Crippen molar-refractivity contribution in [3.63, 3.8) is 0 Å². The van der Waals surface area contributed by atoms with Gasteiger partial charge in [-0.3, -0.25) is 4.79 Å². The maximum absolute atomic E-state index is 12.9. The van der Waals surface area contributed by atoms with Crippen LogP contribution in [-0.4, -0.2) is 12.5 Å². The average molecular weight is 369 g/mol. The van der Waals surface area contributed by atoms with E-state index < -0.39 is 0 Å². The Labute approximate surface area is 165 Å². The molecule has 0 aromatic heterocycles. The summed E-state index contributed by atoms with van der Waals surface area (Å²) in [6, 6.07) is 26.0. The molecule has 3 aromatic rings. The van der Waals surface area contributed by atoms with E-state index in [1.165, 1.54) is 0 Å². The van der Waals surface area contributed by atoms with Crippen LogP contribution in [0.25, 0.3) is 11.6 Å². The van der Waals surface area contributed by atoms with Crippen LogP contribution in [0, 0.1) is 0 Å². The van der Waals surface area contributed by atoms with Crippen molar-refractivity contribution in [2.24, 2.45) is 0 Å². The molecule has 0 unspecified atom stereocenters. The molecular weight excluding hydrogens is 346 g/mol. The normalized spacial score (nSPS) is 14.4. The summed E-state index contributed by atoms with van der Waals surface area (Å²) in [5.74, 6) is 0.893. The number of ether oxygens (including phenoxy) is 1. The Balaban J connectivity index is 1.53. The van der Waals surface area contributed by atoms with E-state index in [2.05, 4.69) is 6.92 Å². The van der Waals surface area contributed by atoms with Crippen LogP contribution in [0.15, 0.2) is 78.9 Å². The fraction of sp³-hybridized carbons (Fsp3) is 0.160. The molecule has 0 saturated heterocycles. The molecular formula is C25H23NO2. The van der Waals surface area contributed by atoms with Crippen molar-refractivity contribution >= 4 is 23.2 Å². The molecule has 1 aliphatic heterocycles. The first-order chi connectivity index (χ1) is 13.8. The highest BCUT2D eigenvalue weighted by Gasteiger charge is 2.31. The first-order valence-corrected chi connectivity index (χ1v) is 9.66. The van der Waals surface area contributed by atoms with Crippen molar-refractivity contribution in [1.82, 2.24) is 0 Å². The number of anilines is 1. The summed E-state index contributed by atoms with van der Waals surface area (Å²) in [4.78, 5) is 14.8. The summed E-state index contributed by atoms with van der Waals surface area (Å²) in [7, 11) is 0. The second-order valence-electron chi connectivity index (χ2n) is 6.88. The van der Waals surface area contributed by atoms with Gasteiger partial charge in [-0.05, 0) is 41.8 Å². The number of benzene rings is 3. The van der Waals surface area contributed by atoms with Crippen molar-refractivity contribution < 1.29 is 9.53 Å². The molecule has 0 bridgehead atoms. The lowest BCUT2D eigenvalue weighted by Crippen LogP contribution is -2.26. The predicted octanol–water partition coefficient (Wildman–Crippen LogP) is 5.56. The smallest absolute Gasteiger partial charge is 0.258 e. The predicted molar refractivity (Wildman–Crippen MR) is 114 cm³/mol. The topological polar surface area (TPSA) is 29.5 Å². The highest BCUT2D eigenvalue weighted by Crippen LogP contribution is 2.37. The van der Waals surface area contributed by atoms with Gasteiger partial charge in [-0.25, -0.2) is 0 Å². The minimum absolute atomic E-state index is 0.0763. The van der Waals surface area contributed by atoms with E-state index in [9.17, 15) is 4.79 Å². The quantitative estimate of drug-likeness (QED) is 0.532. The number of fused-ring (bicyclic) bond motifs is 1. The maximum atomic E-state index is 12.9. The van der Waals surface area contributed by atoms with Gasteiger partial charge in [-0.2, -0.15) is 0 Å². The molecule has 0 atom stereocenters. The number of hydrogen-bond donors (Lipinski definition) is 0. The molecule has 0 spiro atoms. The summed E-state index contributed by atoms with van der Waals surface area (Å²) in [5, 5.41) is 0. The van der Waals surface area contributed by atoms with Crippen molar-refractivity contribution in [3.05, 3.63) is 95.6 Å². The van der Waals surface area contributed by atoms with Crippen LogP contribution in [0.3, 0.4) is 0 Å². The third-order valence-corrected chi connectivity index (χ3v) is 4.85. The highest BCUT2D eigenvalue weighted by molar-refractivity contribution is 6.35. The van der Waals surface area contributed by atoms with Gasteiger partial charge >= 0.3 is 0 Å². The lowest BCUT2D eigenvalue weighted by Gasteiger charge is -2.15. The van der Waals surface area contributed by atoms with E-state index in [4.69, 9.17) is 4.74 Å². The molecule has 1 aliphatic rings. The molecule has 140 valence electrons. The SMILES string of the molecule is CCCN1C(=O)/C(=C\c2ccc(OCc3ccccc3)cc2)c2ccccc21. The molecule has 0 radical (unpaired) electrons. The molecule has 1 amide bonds. The lowest BCUT2D eigenvalue weighted by molar-refractivity contribution is -0.113. The fourth-order valence-electron chi connectivity index (χ4n) is 3.46. The Kier molecular flexibility index (Phi) is 5.24. The standard InChI is InChI=1S/C25H23NO2/c1-2-16-26-24-11-7-6-10-22(24)23(25(26)27)17-19-12-14-21(15-13-19)28-18-20-8-4-3-5-9-20/h3-15,17H,2,16,18H2,1H3/b23-17-. The fourth-order valence-corrected chi connectivity index (χ4v) is 3.46. The van der Waals surface area contributed by atoms with Crippen LogP contribution in [0.2, 0.25) is 0 Å². The number of carbonyl (C=O) groups excluding carboxylic acids is 1. The van der Waals surface area contributed by atoms with E-state index >= 15 is 0 Å². The van der Waals surface area contributed by atoms with Crippen molar-refractivity contribution in [2.45, 2.75) is 20.0 Å². The third kappa shape index (κ3) is 3.70. The monoisotopic (exact) mass is 369 g/mol. The van der Waals surface area contributed by atoms with E-state index in [1.54, 1.807) is 0 Å². The van der Waals surface area contributed by atoms with Gasteiger partial charge in [0.2, 0.25) is 0 Å². The van der Waals surface area contributed by atoms with Gasteiger partial charge in [-0.1, -0.05) is 67.6 Å². The minimum atomic E-state index is 0.0763. The van der Waals surface area contributed by atoms with Crippen molar-refractivity contribution in [3.8, 4) is 5.75 Å². The molecule has 3 aromatic carbocycles. The summed E-state index contributed by atoms with van der Waals surface area (Å²) in [5.41, 5.74) is 4.89. The van der Waals surface area contributed by atoms with Gasteiger partial charge in [0.1, 0.15) is 12.4 Å². The van der Waals surface area contributed by atoms with Crippen LogP contribution < -0.4 is 9.64 Å². The zero-order valence-electron chi connectivity index (χ0n) is 16.0.